The van der Waals surface area contributed by atoms with E-state index in [1.54, 1.807) is 11.0 Å². The molecule has 2 spiro atoms. The summed E-state index contributed by atoms with van der Waals surface area (Å²) in [5.74, 6) is -0.639. The molecule has 1 aliphatic carbocycles. The lowest BCUT2D eigenvalue weighted by Gasteiger charge is -2.51. The fourth-order valence-electron chi connectivity index (χ4n) is 6.60. The van der Waals surface area contributed by atoms with Gasteiger partial charge in [0.15, 0.2) is 30.0 Å². The molecule has 6 rings (SSSR count). The number of nitrogens with zero attached hydrogens (tertiary/aromatic N) is 4. The van der Waals surface area contributed by atoms with Gasteiger partial charge in [0.1, 0.15) is 15.8 Å². The molecule has 0 bridgehead atoms. The number of guanidine groups is 2. The van der Waals surface area contributed by atoms with Crippen LogP contribution in [0.4, 0.5) is 0 Å². The molecular weight excluding hydrogens is 558 g/mol. The fraction of sp³-hybridized carbons (Fsp3) is 0.588. The third-order valence-electron chi connectivity index (χ3n) is 7.57. The highest BCUT2D eigenvalue weighted by molar-refractivity contribution is 9.13. The number of aliphatic hydroxyl groups is 1. The molecule has 166 valence electrons. The summed E-state index contributed by atoms with van der Waals surface area (Å²) in [6, 6.07) is 1.76. The second-order valence-electron chi connectivity index (χ2n) is 8.68. The highest BCUT2D eigenvalue weighted by Crippen LogP contribution is 2.63. The Bertz CT molecular complexity index is 1090. The van der Waals surface area contributed by atoms with Gasteiger partial charge < -0.3 is 42.4 Å². The summed E-state index contributed by atoms with van der Waals surface area (Å²) >= 11 is 14.0. The lowest BCUT2D eigenvalue weighted by molar-refractivity contribution is -0.0274. The average Bonchev–Trinajstić information content (AvgIpc) is 3.43. The maximum atomic E-state index is 13.7. The van der Waals surface area contributed by atoms with Crippen LogP contribution in [-0.4, -0.2) is 68.3 Å². The molecule has 11 nitrogen and oxygen atoms in total. The largest absolute Gasteiger partial charge is 0.370 e. The Labute approximate surface area is 198 Å². The van der Waals surface area contributed by atoms with Gasteiger partial charge in [0.2, 0.25) is 0 Å². The van der Waals surface area contributed by atoms with E-state index < -0.39 is 34.9 Å². The molecule has 14 heteroatoms. The number of hydrogen-bond acceptors (Lipinski definition) is 9. The Morgan fingerprint density at radius 2 is 2.00 bits per heavy atom. The van der Waals surface area contributed by atoms with Gasteiger partial charge in [-0.05, 0) is 56.3 Å². The summed E-state index contributed by atoms with van der Waals surface area (Å²) in [4.78, 5) is 24.3. The predicted octanol–water partition coefficient (Wildman–Crippen LogP) is -1.00. The zero-order valence-electron chi connectivity index (χ0n) is 16.0. The minimum absolute atomic E-state index is 0.0978. The molecule has 5 aliphatic rings. The van der Waals surface area contributed by atoms with Crippen molar-refractivity contribution in [3.63, 3.8) is 0 Å². The summed E-state index contributed by atoms with van der Waals surface area (Å²) in [5.41, 5.74) is 16.6. The molecule has 0 aromatic carbocycles. The number of aliphatic imine (C=N–C) groups is 2. The summed E-state index contributed by atoms with van der Waals surface area (Å²) in [6.07, 6.45) is -1.81. The monoisotopic (exact) mass is 575 g/mol. The molecule has 31 heavy (non-hydrogen) atoms. The number of carbonyl (C=O) groups is 1. The second-order valence-corrected chi connectivity index (χ2v) is 10.8. The molecule has 1 amide bonds. The smallest absolute Gasteiger partial charge is 0.272 e. The van der Waals surface area contributed by atoms with Crippen molar-refractivity contribution in [1.82, 2.24) is 20.1 Å². The van der Waals surface area contributed by atoms with Gasteiger partial charge in [0.05, 0.1) is 9.85 Å². The number of amides is 1. The number of carbonyl (C=O) groups excluding carboxylic acids is 1. The van der Waals surface area contributed by atoms with E-state index in [-0.39, 0.29) is 36.2 Å². The molecule has 8 atom stereocenters. The molecule has 1 saturated carbocycles. The number of fused-ring (bicyclic) bond motifs is 4. The quantitative estimate of drug-likeness (QED) is 0.232. The van der Waals surface area contributed by atoms with Gasteiger partial charge in [-0.15, -0.1) is 11.6 Å². The SMILES string of the molecule is NC[C@H]1[C@@H]2CN3C(=O)c4cc(Br)c(Br)n4[C@H]4N=C(N)N[C@]43[C@H]2[C@@]2(NC(N)=N[C@@H]2O)[C@@H]1Cl. The maximum Gasteiger partial charge on any atom is 0.272 e. The number of hydrogen-bond donors (Lipinski definition) is 6. The number of nitrogens with two attached hydrogens (primary N) is 3. The number of aliphatic hydroxyl groups excluding tert-OH is 1. The van der Waals surface area contributed by atoms with Crippen molar-refractivity contribution in [1.29, 1.82) is 0 Å². The van der Waals surface area contributed by atoms with E-state index in [2.05, 4.69) is 52.5 Å². The standard InChI is InChI=1S/C17H20Br2ClN9O2/c18-6-1-7-11(30)28-3-5-4(2-21)9(20)16(13(31)25-15(23)26-16)8(5)17(28)12(24-14(22)27-17)29(7)10(6)19/h1,4-5,8-9,12-13,31H,2-3,21H2,(H3,22,24,27)(H3,23,25,26)/t4-,5-,8+,9+,12+,13+,16+,17-/m0/s1. The number of alkyl halides is 1. The first-order chi connectivity index (χ1) is 14.7. The Morgan fingerprint density at radius 3 is 2.65 bits per heavy atom. The zero-order chi connectivity index (χ0) is 22.0. The summed E-state index contributed by atoms with van der Waals surface area (Å²) in [7, 11) is 0. The Balaban J connectivity index is 1.62. The third kappa shape index (κ3) is 2.06. The summed E-state index contributed by atoms with van der Waals surface area (Å²) in [6.45, 7) is 0.670. The molecule has 1 saturated heterocycles. The van der Waals surface area contributed by atoms with Gasteiger partial charge in [-0.2, -0.15) is 0 Å². The van der Waals surface area contributed by atoms with Crippen LogP contribution in [0.2, 0.25) is 0 Å². The zero-order valence-corrected chi connectivity index (χ0v) is 19.9. The van der Waals surface area contributed by atoms with E-state index in [9.17, 15) is 9.90 Å². The first-order valence-corrected chi connectivity index (χ1v) is 11.8. The Kier molecular flexibility index (Phi) is 3.93. The lowest BCUT2D eigenvalue weighted by Crippen LogP contribution is -2.74. The van der Waals surface area contributed by atoms with Crippen LogP contribution in [0.5, 0.6) is 0 Å². The molecule has 2 fully saturated rings. The fourth-order valence-corrected chi connectivity index (χ4v) is 8.10. The van der Waals surface area contributed by atoms with Gasteiger partial charge in [-0.3, -0.25) is 4.79 Å². The summed E-state index contributed by atoms with van der Waals surface area (Å²) in [5, 5.41) is 17.0. The van der Waals surface area contributed by atoms with Crippen molar-refractivity contribution in [3.8, 4) is 0 Å². The number of halogens is 3. The van der Waals surface area contributed by atoms with Crippen LogP contribution in [0.15, 0.2) is 25.1 Å². The Morgan fingerprint density at radius 1 is 1.29 bits per heavy atom. The number of rotatable bonds is 1. The van der Waals surface area contributed by atoms with Gasteiger partial charge in [0, 0.05) is 12.5 Å². The maximum absolute atomic E-state index is 13.7. The van der Waals surface area contributed by atoms with Gasteiger partial charge in [-0.1, -0.05) is 0 Å². The van der Waals surface area contributed by atoms with Crippen LogP contribution in [0.25, 0.3) is 0 Å². The van der Waals surface area contributed by atoms with Gasteiger partial charge >= 0.3 is 0 Å². The number of aromatic nitrogens is 1. The van der Waals surface area contributed by atoms with E-state index in [1.807, 2.05) is 4.57 Å². The summed E-state index contributed by atoms with van der Waals surface area (Å²) < 4.78 is 3.22. The van der Waals surface area contributed by atoms with Crippen molar-refractivity contribution >= 4 is 61.3 Å². The topological polar surface area (TPSA) is 172 Å². The third-order valence-corrected chi connectivity index (χ3v) is 10.2. The van der Waals surface area contributed by atoms with E-state index in [4.69, 9.17) is 28.8 Å². The van der Waals surface area contributed by atoms with E-state index >= 15 is 0 Å². The van der Waals surface area contributed by atoms with E-state index in [0.29, 0.717) is 16.8 Å². The van der Waals surface area contributed by atoms with Crippen LogP contribution >= 0.6 is 43.5 Å². The van der Waals surface area contributed by atoms with Crippen LogP contribution < -0.4 is 27.8 Å². The first-order valence-electron chi connectivity index (χ1n) is 9.81. The average molecular weight is 578 g/mol. The lowest BCUT2D eigenvalue weighted by atomic mass is 9.73. The van der Waals surface area contributed by atoms with Gasteiger partial charge in [-0.25, -0.2) is 9.98 Å². The van der Waals surface area contributed by atoms with Crippen LogP contribution in [0.3, 0.4) is 0 Å². The molecule has 1 aromatic rings. The molecular formula is C17H20Br2ClN9O2. The minimum atomic E-state index is -1.21. The van der Waals surface area contributed by atoms with Crippen LogP contribution in [0.1, 0.15) is 16.7 Å². The van der Waals surface area contributed by atoms with Crippen LogP contribution in [-0.2, 0) is 0 Å². The van der Waals surface area contributed by atoms with Crippen LogP contribution in [0, 0.1) is 17.8 Å². The molecule has 4 aliphatic heterocycles. The molecule has 9 N–H and O–H groups in total. The normalized spacial score (nSPS) is 44.4. The molecule has 5 heterocycles. The highest BCUT2D eigenvalue weighted by atomic mass is 79.9. The minimum Gasteiger partial charge on any atom is -0.370 e. The highest BCUT2D eigenvalue weighted by Gasteiger charge is 2.79. The van der Waals surface area contributed by atoms with E-state index in [0.717, 1.165) is 4.47 Å². The van der Waals surface area contributed by atoms with Crippen molar-refractivity contribution in [2.75, 3.05) is 13.1 Å². The Hall–Kier alpha value is -1.54. The second kappa shape index (κ2) is 6.07. The predicted molar refractivity (Wildman–Crippen MR) is 120 cm³/mol. The van der Waals surface area contributed by atoms with Crippen molar-refractivity contribution in [2.24, 2.45) is 44.9 Å². The van der Waals surface area contributed by atoms with Crippen molar-refractivity contribution in [2.45, 2.75) is 29.0 Å². The first kappa shape index (κ1) is 20.1. The molecule has 0 unspecified atom stereocenters. The molecule has 0 radical (unpaired) electrons. The number of nitrogens with one attached hydrogen (secondary N) is 2. The van der Waals surface area contributed by atoms with E-state index in [1.165, 1.54) is 0 Å². The molecule has 1 aromatic heterocycles. The van der Waals surface area contributed by atoms with Crippen molar-refractivity contribution in [3.05, 3.63) is 20.8 Å². The van der Waals surface area contributed by atoms with Gasteiger partial charge in [0.25, 0.3) is 5.91 Å². The van der Waals surface area contributed by atoms with Crippen molar-refractivity contribution < 1.29 is 9.90 Å².